The van der Waals surface area contributed by atoms with Crippen molar-refractivity contribution in [2.24, 2.45) is 10.3 Å². The zero-order chi connectivity index (χ0) is 19.2. The fourth-order valence-electron chi connectivity index (χ4n) is 1.77. The van der Waals surface area contributed by atoms with Crippen molar-refractivity contribution >= 4 is 66.5 Å². The van der Waals surface area contributed by atoms with E-state index in [1.54, 1.807) is 0 Å². The number of primary sulfonamides is 2. The molecule has 7 nitrogen and oxygen atoms in total. The molecule has 25 heavy (non-hydrogen) atoms. The third-order valence-corrected chi connectivity index (χ3v) is 6.29. The van der Waals surface area contributed by atoms with E-state index in [9.17, 15) is 16.8 Å². The molecule has 4 N–H and O–H groups in total. The molecular formula is C12H8Cl4N2O5S2. The van der Waals surface area contributed by atoms with Gasteiger partial charge in [0, 0.05) is 0 Å². The van der Waals surface area contributed by atoms with Crippen molar-refractivity contribution in [1.29, 1.82) is 0 Å². The molecule has 0 saturated heterocycles. The maximum Gasteiger partial charge on any atom is 0.241 e. The van der Waals surface area contributed by atoms with E-state index in [2.05, 4.69) is 0 Å². The van der Waals surface area contributed by atoms with Crippen LogP contribution in [0.4, 0.5) is 0 Å². The number of rotatable bonds is 4. The molecule has 0 aliphatic carbocycles. The maximum atomic E-state index is 11.7. The molecule has 0 heterocycles. The highest BCUT2D eigenvalue weighted by molar-refractivity contribution is 7.89. The van der Waals surface area contributed by atoms with Gasteiger partial charge in [0.2, 0.25) is 20.0 Å². The Bertz CT molecular complexity index is 986. The molecule has 0 fully saturated rings. The number of sulfonamides is 2. The molecule has 136 valence electrons. The van der Waals surface area contributed by atoms with E-state index in [0.29, 0.717) is 0 Å². The van der Waals surface area contributed by atoms with Crippen LogP contribution in [0.5, 0.6) is 11.5 Å². The van der Waals surface area contributed by atoms with Crippen LogP contribution in [-0.2, 0) is 20.0 Å². The quantitative estimate of drug-likeness (QED) is 0.714. The maximum absolute atomic E-state index is 11.7. The average molecular weight is 466 g/mol. The Morgan fingerprint density at radius 1 is 0.680 bits per heavy atom. The summed E-state index contributed by atoms with van der Waals surface area (Å²) in [6, 6.07) is 4.43. The Morgan fingerprint density at radius 2 is 1.00 bits per heavy atom. The van der Waals surface area contributed by atoms with E-state index in [0.717, 1.165) is 12.1 Å². The fraction of sp³-hybridized carbons (Fsp3) is 0. The van der Waals surface area contributed by atoms with Gasteiger partial charge in [0.15, 0.2) is 11.5 Å². The van der Waals surface area contributed by atoms with E-state index in [-0.39, 0.29) is 20.1 Å². The zero-order valence-electron chi connectivity index (χ0n) is 11.8. The first-order valence-corrected chi connectivity index (χ1v) is 10.6. The number of hydrogen-bond acceptors (Lipinski definition) is 5. The lowest BCUT2D eigenvalue weighted by atomic mass is 10.3. The molecule has 0 aliphatic heterocycles. The fourth-order valence-corrected chi connectivity index (χ4v) is 3.91. The van der Waals surface area contributed by atoms with Crippen molar-refractivity contribution in [2.45, 2.75) is 9.79 Å². The highest BCUT2D eigenvalue weighted by Gasteiger charge is 2.26. The molecule has 0 saturated carbocycles. The minimum atomic E-state index is -4.29. The van der Waals surface area contributed by atoms with Gasteiger partial charge in [0.1, 0.15) is 19.8 Å². The molecule has 2 aromatic carbocycles. The molecule has 0 spiro atoms. The van der Waals surface area contributed by atoms with Gasteiger partial charge >= 0.3 is 0 Å². The second-order valence-electron chi connectivity index (χ2n) is 4.57. The summed E-state index contributed by atoms with van der Waals surface area (Å²) in [5, 5.41) is 9.42. The summed E-state index contributed by atoms with van der Waals surface area (Å²) >= 11 is 23.7. The van der Waals surface area contributed by atoms with Gasteiger partial charge in [-0.2, -0.15) is 0 Å². The molecule has 0 aliphatic rings. The zero-order valence-corrected chi connectivity index (χ0v) is 16.5. The van der Waals surface area contributed by atoms with Crippen LogP contribution in [0.3, 0.4) is 0 Å². The number of ether oxygens (including phenoxy) is 1. The summed E-state index contributed by atoms with van der Waals surface area (Å²) in [5.41, 5.74) is 0. The Kier molecular flexibility index (Phi) is 5.82. The highest BCUT2D eigenvalue weighted by Crippen LogP contribution is 2.45. The molecular weight excluding hydrogens is 458 g/mol. The number of hydrogen-bond donors (Lipinski definition) is 2. The van der Waals surface area contributed by atoms with E-state index in [1.165, 1.54) is 12.1 Å². The second kappa shape index (κ2) is 7.09. The van der Waals surface area contributed by atoms with E-state index in [4.69, 9.17) is 61.4 Å². The third-order valence-electron chi connectivity index (χ3n) is 2.84. The lowest BCUT2D eigenvalue weighted by molar-refractivity contribution is 0.454. The van der Waals surface area contributed by atoms with Crippen LogP contribution < -0.4 is 15.0 Å². The molecule has 0 radical (unpaired) electrons. The lowest BCUT2D eigenvalue weighted by Crippen LogP contribution is -2.15. The first kappa shape index (κ1) is 20.5. The van der Waals surface area contributed by atoms with Crippen molar-refractivity contribution in [3.8, 4) is 11.5 Å². The normalized spacial score (nSPS) is 12.2. The van der Waals surface area contributed by atoms with Crippen LogP contribution in [0.15, 0.2) is 34.1 Å². The van der Waals surface area contributed by atoms with Gasteiger partial charge in [-0.3, -0.25) is 0 Å². The number of benzene rings is 2. The van der Waals surface area contributed by atoms with Crippen molar-refractivity contribution in [2.75, 3.05) is 0 Å². The third kappa shape index (κ3) is 4.32. The summed E-state index contributed by atoms with van der Waals surface area (Å²) in [6.07, 6.45) is 0. The Hall–Kier alpha value is -0.780. The molecule has 0 unspecified atom stereocenters. The van der Waals surface area contributed by atoms with Gasteiger partial charge in [-0.05, 0) is 24.3 Å². The first-order valence-electron chi connectivity index (χ1n) is 6.03. The Labute approximate surface area is 163 Å². The number of halogens is 4. The minimum Gasteiger partial charge on any atom is -0.451 e. The Balaban J connectivity index is 2.82. The summed E-state index contributed by atoms with van der Waals surface area (Å²) in [5.74, 6) is -1.04. The van der Waals surface area contributed by atoms with Crippen LogP contribution in [0.1, 0.15) is 0 Å². The van der Waals surface area contributed by atoms with Gasteiger partial charge in [-0.25, -0.2) is 27.1 Å². The summed E-state index contributed by atoms with van der Waals surface area (Å²) < 4.78 is 52.3. The average Bonchev–Trinajstić information content (AvgIpc) is 2.46. The smallest absolute Gasteiger partial charge is 0.241 e. The van der Waals surface area contributed by atoms with E-state index in [1.807, 2.05) is 0 Å². The van der Waals surface area contributed by atoms with Gasteiger partial charge in [-0.15, -0.1) is 0 Å². The summed E-state index contributed by atoms with van der Waals surface area (Å²) in [7, 11) is -8.58. The van der Waals surface area contributed by atoms with Gasteiger partial charge in [-0.1, -0.05) is 46.4 Å². The van der Waals surface area contributed by atoms with Crippen LogP contribution in [0.25, 0.3) is 0 Å². The number of nitrogens with two attached hydrogens (primary N) is 2. The molecule has 13 heteroatoms. The van der Waals surface area contributed by atoms with E-state index >= 15 is 0 Å². The Morgan fingerprint density at radius 3 is 1.28 bits per heavy atom. The van der Waals surface area contributed by atoms with Gasteiger partial charge in [0.25, 0.3) is 0 Å². The summed E-state index contributed by atoms with van der Waals surface area (Å²) in [6.45, 7) is 0. The SMILES string of the molecule is NS(=O)(=O)c1ccc(Cl)c(Cl)c1Oc1c(S(N)(=O)=O)ccc(Cl)c1Cl. The van der Waals surface area contributed by atoms with Gasteiger partial charge < -0.3 is 4.74 Å². The minimum absolute atomic E-state index is 0.0700. The van der Waals surface area contributed by atoms with Crippen LogP contribution >= 0.6 is 46.4 Å². The molecule has 0 aromatic heterocycles. The van der Waals surface area contributed by atoms with Crippen molar-refractivity contribution < 1.29 is 21.6 Å². The standard InChI is InChI=1S/C12H8Cl4N2O5S2/c13-5-1-3-7(24(17,19)20)11(9(5)15)23-12-8(25(18,21)22)4-2-6(14)10(12)16/h1-4H,(H2,17,19,20)(H2,18,21,22). The monoisotopic (exact) mass is 464 g/mol. The van der Waals surface area contributed by atoms with E-state index < -0.39 is 41.3 Å². The second-order valence-corrected chi connectivity index (χ2v) is 9.20. The highest BCUT2D eigenvalue weighted by atomic mass is 35.5. The molecule has 0 atom stereocenters. The van der Waals surface area contributed by atoms with Crippen LogP contribution in [0.2, 0.25) is 20.1 Å². The predicted molar refractivity (Wildman–Crippen MR) is 95.7 cm³/mol. The van der Waals surface area contributed by atoms with Crippen molar-refractivity contribution in [3.05, 3.63) is 44.4 Å². The largest absolute Gasteiger partial charge is 0.451 e. The molecule has 2 rings (SSSR count). The molecule has 2 aromatic rings. The molecule has 0 amide bonds. The molecule has 0 bridgehead atoms. The van der Waals surface area contributed by atoms with Crippen LogP contribution in [0, 0.1) is 0 Å². The predicted octanol–water partition coefficient (Wildman–Crippen LogP) is 3.39. The lowest BCUT2D eigenvalue weighted by Gasteiger charge is -2.16. The topological polar surface area (TPSA) is 130 Å². The first-order chi connectivity index (χ1) is 11.3. The van der Waals surface area contributed by atoms with Crippen LogP contribution in [-0.4, -0.2) is 16.8 Å². The van der Waals surface area contributed by atoms with Gasteiger partial charge in [0.05, 0.1) is 10.0 Å². The van der Waals surface area contributed by atoms with Crippen molar-refractivity contribution in [3.63, 3.8) is 0 Å². The van der Waals surface area contributed by atoms with Crippen molar-refractivity contribution in [1.82, 2.24) is 0 Å². The summed E-state index contributed by atoms with van der Waals surface area (Å²) in [4.78, 5) is -1.09.